The van der Waals surface area contributed by atoms with Crippen molar-refractivity contribution in [2.75, 3.05) is 26.9 Å². The summed E-state index contributed by atoms with van der Waals surface area (Å²) in [5.74, 6) is 1.35. The average molecular weight is 303 g/mol. The van der Waals surface area contributed by atoms with Gasteiger partial charge in [0.15, 0.2) is 0 Å². The number of nitrogens with one attached hydrogen (secondary N) is 1. The third kappa shape index (κ3) is 5.55. The fourth-order valence-corrected chi connectivity index (χ4v) is 2.27. The molecule has 0 amide bonds. The first-order valence-corrected chi connectivity index (χ1v) is 7.01. The molecule has 0 aromatic heterocycles. The van der Waals surface area contributed by atoms with E-state index in [-0.39, 0.29) is 12.6 Å². The van der Waals surface area contributed by atoms with Crippen LogP contribution in [-0.4, -0.2) is 33.0 Å². The van der Waals surface area contributed by atoms with Gasteiger partial charge in [0.05, 0.1) is 13.7 Å². The Kier molecular flexibility index (Phi) is 5.47. The van der Waals surface area contributed by atoms with Crippen molar-refractivity contribution in [2.24, 2.45) is 5.92 Å². The van der Waals surface area contributed by atoms with Gasteiger partial charge in [-0.05, 0) is 36.5 Å². The van der Waals surface area contributed by atoms with Crippen LogP contribution in [0.25, 0.3) is 0 Å². The van der Waals surface area contributed by atoms with Crippen LogP contribution in [0.3, 0.4) is 0 Å². The molecule has 1 N–H and O–H groups in total. The summed E-state index contributed by atoms with van der Waals surface area (Å²) in [7, 11) is 1.61. The monoisotopic (exact) mass is 303 g/mol. The van der Waals surface area contributed by atoms with E-state index in [1.807, 2.05) is 24.3 Å². The zero-order valence-corrected chi connectivity index (χ0v) is 12.0. The molecule has 1 fully saturated rings. The van der Waals surface area contributed by atoms with Gasteiger partial charge in [0.2, 0.25) is 0 Å². The SMILES string of the molecule is COc1ccc(C(NCCOCC(F)(F)F)C2CC2)cc1. The van der Waals surface area contributed by atoms with Gasteiger partial charge in [-0.15, -0.1) is 0 Å². The number of methoxy groups -OCH3 is 1. The molecule has 0 aliphatic heterocycles. The van der Waals surface area contributed by atoms with Crippen molar-refractivity contribution in [1.82, 2.24) is 5.32 Å². The molecule has 1 saturated carbocycles. The second kappa shape index (κ2) is 7.13. The van der Waals surface area contributed by atoms with E-state index < -0.39 is 12.8 Å². The summed E-state index contributed by atoms with van der Waals surface area (Å²) < 4.78 is 45.6. The van der Waals surface area contributed by atoms with Crippen molar-refractivity contribution in [3.63, 3.8) is 0 Å². The second-order valence-electron chi connectivity index (χ2n) is 5.21. The molecular weight excluding hydrogens is 283 g/mol. The molecule has 1 aliphatic rings. The van der Waals surface area contributed by atoms with Crippen LogP contribution in [0.1, 0.15) is 24.4 Å². The van der Waals surface area contributed by atoms with E-state index in [1.54, 1.807) is 7.11 Å². The van der Waals surface area contributed by atoms with E-state index in [1.165, 1.54) is 0 Å². The lowest BCUT2D eigenvalue weighted by molar-refractivity contribution is -0.173. The van der Waals surface area contributed by atoms with E-state index >= 15 is 0 Å². The lowest BCUT2D eigenvalue weighted by Crippen LogP contribution is -2.28. The topological polar surface area (TPSA) is 30.5 Å². The van der Waals surface area contributed by atoms with Gasteiger partial charge in [-0.1, -0.05) is 12.1 Å². The number of hydrogen-bond acceptors (Lipinski definition) is 3. The van der Waals surface area contributed by atoms with Crippen LogP contribution in [0, 0.1) is 5.92 Å². The molecule has 0 bridgehead atoms. The highest BCUT2D eigenvalue weighted by Crippen LogP contribution is 2.41. The van der Waals surface area contributed by atoms with Crippen molar-refractivity contribution < 1.29 is 22.6 Å². The molecule has 0 heterocycles. The first-order chi connectivity index (χ1) is 9.99. The molecule has 1 atom stereocenters. The Morgan fingerprint density at radius 2 is 1.90 bits per heavy atom. The molecule has 0 radical (unpaired) electrons. The number of alkyl halides is 3. The first-order valence-electron chi connectivity index (χ1n) is 7.01. The van der Waals surface area contributed by atoms with E-state index in [9.17, 15) is 13.2 Å². The molecule has 1 aliphatic carbocycles. The second-order valence-corrected chi connectivity index (χ2v) is 5.21. The fraction of sp³-hybridized carbons (Fsp3) is 0.600. The van der Waals surface area contributed by atoms with Gasteiger partial charge < -0.3 is 14.8 Å². The predicted octanol–water partition coefficient (Wildman–Crippen LogP) is 3.31. The third-order valence-corrected chi connectivity index (χ3v) is 3.44. The van der Waals surface area contributed by atoms with Crippen molar-refractivity contribution in [3.05, 3.63) is 29.8 Å². The summed E-state index contributed by atoms with van der Waals surface area (Å²) in [6.45, 7) is -0.729. The molecule has 1 unspecified atom stereocenters. The zero-order valence-electron chi connectivity index (χ0n) is 12.0. The van der Waals surface area contributed by atoms with Crippen molar-refractivity contribution in [3.8, 4) is 5.75 Å². The molecule has 6 heteroatoms. The van der Waals surface area contributed by atoms with Gasteiger partial charge in [-0.2, -0.15) is 13.2 Å². The van der Waals surface area contributed by atoms with Crippen LogP contribution in [0.15, 0.2) is 24.3 Å². The standard InChI is InChI=1S/C15H20F3NO2/c1-20-13-6-4-12(5-7-13)14(11-2-3-11)19-8-9-21-10-15(16,17)18/h4-7,11,14,19H,2-3,8-10H2,1H3. The summed E-state index contributed by atoms with van der Waals surface area (Å²) in [6, 6.07) is 7.95. The van der Waals surface area contributed by atoms with Gasteiger partial charge in [0.25, 0.3) is 0 Å². The Balaban J connectivity index is 1.79. The maximum atomic E-state index is 12.0. The van der Waals surface area contributed by atoms with Crippen molar-refractivity contribution >= 4 is 0 Å². The summed E-state index contributed by atoms with van der Waals surface area (Å²) in [5, 5.41) is 3.29. The van der Waals surface area contributed by atoms with Crippen molar-refractivity contribution in [2.45, 2.75) is 25.1 Å². The third-order valence-electron chi connectivity index (χ3n) is 3.44. The van der Waals surface area contributed by atoms with Gasteiger partial charge in [0, 0.05) is 12.6 Å². The number of rotatable bonds is 8. The Hall–Kier alpha value is -1.27. The fourth-order valence-electron chi connectivity index (χ4n) is 2.27. The molecule has 2 rings (SSSR count). The minimum atomic E-state index is -4.26. The van der Waals surface area contributed by atoms with Gasteiger partial charge in [-0.25, -0.2) is 0 Å². The Labute approximate surface area is 122 Å². The Bertz CT molecular complexity index is 430. The zero-order chi connectivity index (χ0) is 15.3. The average Bonchev–Trinajstić information content (AvgIpc) is 3.26. The molecule has 3 nitrogen and oxygen atoms in total. The quantitative estimate of drug-likeness (QED) is 0.747. The summed E-state index contributed by atoms with van der Waals surface area (Å²) in [6.07, 6.45) is -1.97. The van der Waals surface area contributed by atoms with Crippen LogP contribution in [0.2, 0.25) is 0 Å². The first kappa shape index (κ1) is 16.1. The van der Waals surface area contributed by atoms with Crippen LogP contribution in [0.4, 0.5) is 13.2 Å². The highest BCUT2D eigenvalue weighted by molar-refractivity contribution is 5.30. The lowest BCUT2D eigenvalue weighted by atomic mass is 10.0. The van der Waals surface area contributed by atoms with E-state index in [2.05, 4.69) is 10.1 Å². The van der Waals surface area contributed by atoms with E-state index in [4.69, 9.17) is 4.74 Å². The molecular formula is C15H20F3NO2. The Morgan fingerprint density at radius 3 is 2.43 bits per heavy atom. The largest absolute Gasteiger partial charge is 0.497 e. The van der Waals surface area contributed by atoms with Gasteiger partial charge in [0.1, 0.15) is 12.4 Å². The molecule has 21 heavy (non-hydrogen) atoms. The molecule has 118 valence electrons. The number of halogens is 3. The molecule has 1 aromatic carbocycles. The normalized spacial score (nSPS) is 16.8. The Morgan fingerprint density at radius 1 is 1.24 bits per heavy atom. The summed E-state index contributed by atoms with van der Waals surface area (Å²) in [5.41, 5.74) is 1.13. The van der Waals surface area contributed by atoms with Crippen LogP contribution in [-0.2, 0) is 4.74 Å². The van der Waals surface area contributed by atoms with Crippen LogP contribution in [0.5, 0.6) is 5.75 Å². The maximum Gasteiger partial charge on any atom is 0.411 e. The summed E-state index contributed by atoms with van der Waals surface area (Å²) >= 11 is 0. The summed E-state index contributed by atoms with van der Waals surface area (Å²) in [4.78, 5) is 0. The van der Waals surface area contributed by atoms with Gasteiger partial charge in [-0.3, -0.25) is 0 Å². The molecule has 1 aromatic rings. The van der Waals surface area contributed by atoms with E-state index in [0.717, 1.165) is 24.2 Å². The number of ether oxygens (including phenoxy) is 2. The smallest absolute Gasteiger partial charge is 0.411 e. The number of hydrogen-bond donors (Lipinski definition) is 1. The molecule has 0 saturated heterocycles. The van der Waals surface area contributed by atoms with Crippen molar-refractivity contribution in [1.29, 1.82) is 0 Å². The minimum Gasteiger partial charge on any atom is -0.497 e. The van der Waals surface area contributed by atoms with Crippen LogP contribution < -0.4 is 10.1 Å². The highest BCUT2D eigenvalue weighted by atomic mass is 19.4. The van der Waals surface area contributed by atoms with E-state index in [0.29, 0.717) is 12.5 Å². The maximum absolute atomic E-state index is 12.0. The minimum absolute atomic E-state index is 0.0544. The predicted molar refractivity (Wildman–Crippen MR) is 73.3 cm³/mol. The van der Waals surface area contributed by atoms with Gasteiger partial charge >= 0.3 is 6.18 Å². The number of benzene rings is 1. The van der Waals surface area contributed by atoms with Crippen LogP contribution >= 0.6 is 0 Å². The molecule has 0 spiro atoms. The highest BCUT2D eigenvalue weighted by Gasteiger charge is 2.32. The lowest BCUT2D eigenvalue weighted by Gasteiger charge is -2.19.